The lowest BCUT2D eigenvalue weighted by Gasteiger charge is -2.50. The number of piperazine rings is 1. The van der Waals surface area contributed by atoms with Crippen LogP contribution in [0.15, 0.2) is 47.3 Å². The number of benzene rings is 1. The molecule has 2 aliphatic rings. The molecule has 36 heavy (non-hydrogen) atoms. The van der Waals surface area contributed by atoms with Crippen molar-refractivity contribution >= 4 is 22.5 Å². The van der Waals surface area contributed by atoms with Gasteiger partial charge in [-0.05, 0) is 62.9 Å². The van der Waals surface area contributed by atoms with Crippen LogP contribution in [0.25, 0.3) is 15.9 Å². The van der Waals surface area contributed by atoms with Crippen LogP contribution in [0.2, 0.25) is 0 Å². The number of ether oxygens (including phenoxy) is 1. The topological polar surface area (TPSA) is 55.0 Å². The number of nitrogens with zero attached hydrogens (tertiary/aromatic N) is 5. The highest BCUT2D eigenvalue weighted by atomic mass is 19.1. The van der Waals surface area contributed by atoms with Crippen molar-refractivity contribution in [3.63, 3.8) is 0 Å². The molecular weight excluding hydrogens is 457 g/mol. The van der Waals surface area contributed by atoms with Gasteiger partial charge in [0.05, 0.1) is 23.3 Å². The van der Waals surface area contributed by atoms with Gasteiger partial charge in [-0.3, -0.25) is 9.69 Å². The summed E-state index contributed by atoms with van der Waals surface area (Å²) >= 11 is 0. The van der Waals surface area contributed by atoms with Crippen molar-refractivity contribution in [1.82, 2.24) is 14.5 Å². The van der Waals surface area contributed by atoms with Crippen molar-refractivity contribution in [2.24, 2.45) is 7.05 Å². The Hall–Kier alpha value is -3.28. The van der Waals surface area contributed by atoms with E-state index in [1.54, 1.807) is 29.8 Å². The third-order valence-corrected chi connectivity index (χ3v) is 7.65. The van der Waals surface area contributed by atoms with Crippen LogP contribution in [0, 0.1) is 12.4 Å². The van der Waals surface area contributed by atoms with Gasteiger partial charge in [0.15, 0.2) is 0 Å². The van der Waals surface area contributed by atoms with E-state index in [0.717, 1.165) is 43.7 Å². The van der Waals surface area contributed by atoms with Gasteiger partial charge >= 0.3 is 0 Å². The largest absolute Gasteiger partial charge is 0.376 e. The van der Waals surface area contributed by atoms with E-state index in [2.05, 4.69) is 33.5 Å². The summed E-state index contributed by atoms with van der Waals surface area (Å²) in [5, 5.41) is 0. The molecule has 0 N–H and O–H groups in total. The molecule has 1 aromatic carbocycles. The Morgan fingerprint density at radius 2 is 1.89 bits per heavy atom. The van der Waals surface area contributed by atoms with Crippen LogP contribution in [-0.2, 0) is 11.8 Å². The maximum Gasteiger partial charge on any atom is 0.270 e. The van der Waals surface area contributed by atoms with Crippen LogP contribution >= 0.6 is 0 Å². The van der Waals surface area contributed by atoms with Gasteiger partial charge in [-0.15, -0.1) is 4.98 Å². The summed E-state index contributed by atoms with van der Waals surface area (Å²) in [6.45, 7) is 14.0. The Labute approximate surface area is 210 Å². The van der Waals surface area contributed by atoms with Gasteiger partial charge in [-0.1, -0.05) is 18.7 Å². The summed E-state index contributed by atoms with van der Waals surface area (Å²) in [5.41, 5.74) is 3.12. The smallest absolute Gasteiger partial charge is 0.270 e. The number of hydrogen-bond donors (Lipinski definition) is 0. The Balaban J connectivity index is 1.51. The third-order valence-electron chi connectivity index (χ3n) is 7.65. The third kappa shape index (κ3) is 4.49. The van der Waals surface area contributed by atoms with Crippen molar-refractivity contribution < 1.29 is 9.13 Å². The summed E-state index contributed by atoms with van der Waals surface area (Å²) in [4.78, 5) is 25.6. The average molecular weight is 490 g/mol. The number of hydrogen-bond acceptors (Lipinski definition) is 5. The number of anilines is 1. The zero-order valence-electron chi connectivity index (χ0n) is 21.0. The molecule has 4 atom stereocenters. The molecule has 0 aliphatic carbocycles. The second-order valence-corrected chi connectivity index (χ2v) is 10.0. The average Bonchev–Trinajstić information content (AvgIpc) is 2.89. The molecule has 2 saturated heterocycles. The molecule has 2 unspecified atom stereocenters. The monoisotopic (exact) mass is 489 g/mol. The van der Waals surface area contributed by atoms with E-state index in [0.29, 0.717) is 23.4 Å². The Kier molecular flexibility index (Phi) is 6.78. The fraction of sp³-hybridized carbons (Fsp3) is 0.464. The molecule has 0 saturated carbocycles. The van der Waals surface area contributed by atoms with Crippen LogP contribution in [0.5, 0.6) is 0 Å². The van der Waals surface area contributed by atoms with Crippen molar-refractivity contribution in [2.45, 2.75) is 57.3 Å². The molecule has 0 bridgehead atoms. The Morgan fingerprint density at radius 1 is 1.11 bits per heavy atom. The number of rotatable bonds is 4. The molecule has 2 fully saturated rings. The highest BCUT2D eigenvalue weighted by Crippen LogP contribution is 2.37. The maximum atomic E-state index is 13.8. The highest BCUT2D eigenvalue weighted by Gasteiger charge is 2.39. The Bertz CT molecular complexity index is 1340. The number of pyridine rings is 2. The fourth-order valence-electron chi connectivity index (χ4n) is 5.75. The van der Waals surface area contributed by atoms with Gasteiger partial charge in [0.1, 0.15) is 5.82 Å². The molecule has 7 nitrogen and oxygen atoms in total. The van der Waals surface area contributed by atoms with E-state index >= 15 is 0 Å². The molecule has 0 radical (unpaired) electrons. The minimum absolute atomic E-state index is 0.0257. The minimum atomic E-state index is -0.239. The first kappa shape index (κ1) is 24.4. The number of aryl methyl sites for hydroxylation is 1. The van der Waals surface area contributed by atoms with E-state index in [4.69, 9.17) is 11.3 Å². The highest BCUT2D eigenvalue weighted by molar-refractivity contribution is 5.89. The number of aromatic nitrogens is 2. The lowest BCUT2D eigenvalue weighted by molar-refractivity contribution is -0.0576. The lowest BCUT2D eigenvalue weighted by atomic mass is 9.91. The Morgan fingerprint density at radius 3 is 2.58 bits per heavy atom. The van der Waals surface area contributed by atoms with E-state index < -0.39 is 0 Å². The van der Waals surface area contributed by atoms with Crippen molar-refractivity contribution in [1.29, 1.82) is 0 Å². The lowest BCUT2D eigenvalue weighted by Crippen LogP contribution is -2.59. The minimum Gasteiger partial charge on any atom is -0.376 e. The fourth-order valence-corrected chi connectivity index (χ4v) is 5.75. The molecule has 0 amide bonds. The standard InChI is InChI=1S/C28H32FN5O2/c1-18-17-34(28(24-7-5-6-14-36-24)20-8-10-21(29)11-9-20)19(2)16-33(18)23-15-26(35)32(4)22-12-13-25(30-3)31-27(22)23/h8-13,15,18-19,24,28H,5-7,14,16-17H2,1-2,4H3/t18-,19+,24?,28?/m0/s1. The first-order valence-electron chi connectivity index (χ1n) is 12.6. The van der Waals surface area contributed by atoms with Gasteiger partial charge in [0, 0.05) is 44.9 Å². The van der Waals surface area contributed by atoms with Gasteiger partial charge in [-0.2, -0.15) is 0 Å². The first-order chi connectivity index (χ1) is 17.4. The summed E-state index contributed by atoms with van der Waals surface area (Å²) < 4.78 is 21.6. The van der Waals surface area contributed by atoms with Crippen LogP contribution in [0.1, 0.15) is 44.7 Å². The van der Waals surface area contributed by atoms with Crippen molar-refractivity contribution in [3.05, 3.63) is 75.6 Å². The first-order valence-corrected chi connectivity index (χ1v) is 12.6. The van der Waals surface area contributed by atoms with Crippen molar-refractivity contribution in [3.8, 4) is 0 Å². The second-order valence-electron chi connectivity index (χ2n) is 10.0. The summed E-state index contributed by atoms with van der Waals surface area (Å²) in [6.07, 6.45) is 3.23. The SMILES string of the molecule is [C-]#[N+]c1ccc2c(n1)c(N1C[C@@H](C)N(C(c3ccc(F)cc3)C3CCCCO3)C[C@@H]1C)cc(=O)n2C. The summed E-state index contributed by atoms with van der Waals surface area (Å²) in [6, 6.07) is 12.2. The summed E-state index contributed by atoms with van der Waals surface area (Å²) in [5.74, 6) is 0.0738. The molecule has 4 heterocycles. The predicted octanol–water partition coefficient (Wildman–Crippen LogP) is 4.83. The zero-order chi connectivity index (χ0) is 25.4. The van der Waals surface area contributed by atoms with E-state index in [1.807, 2.05) is 12.1 Å². The van der Waals surface area contributed by atoms with Crippen LogP contribution in [0.3, 0.4) is 0 Å². The number of fused-ring (bicyclic) bond motifs is 1. The van der Waals surface area contributed by atoms with Crippen LogP contribution in [0.4, 0.5) is 15.9 Å². The predicted molar refractivity (Wildman–Crippen MR) is 139 cm³/mol. The van der Waals surface area contributed by atoms with E-state index in [9.17, 15) is 9.18 Å². The van der Waals surface area contributed by atoms with Gasteiger partial charge < -0.3 is 19.0 Å². The molecule has 2 aliphatic heterocycles. The van der Waals surface area contributed by atoms with Crippen molar-refractivity contribution in [2.75, 3.05) is 24.6 Å². The molecular formula is C28H32FN5O2. The molecule has 188 valence electrons. The zero-order valence-corrected chi connectivity index (χ0v) is 21.0. The van der Waals surface area contributed by atoms with Gasteiger partial charge in [0.25, 0.3) is 11.4 Å². The van der Waals surface area contributed by atoms with Gasteiger partial charge in [-0.25, -0.2) is 4.39 Å². The molecule has 5 rings (SSSR count). The normalized spacial score (nSPS) is 24.0. The molecule has 0 spiro atoms. The quantitative estimate of drug-likeness (QED) is 0.492. The molecule has 3 aromatic rings. The van der Waals surface area contributed by atoms with Crippen LogP contribution < -0.4 is 10.5 Å². The number of halogens is 1. The molecule has 2 aromatic heterocycles. The van der Waals surface area contributed by atoms with Crippen LogP contribution in [-0.4, -0.2) is 52.3 Å². The molecule has 8 heteroatoms. The van der Waals surface area contributed by atoms with Gasteiger partial charge in [0.2, 0.25) is 5.52 Å². The maximum absolute atomic E-state index is 13.8. The van der Waals surface area contributed by atoms with E-state index in [-0.39, 0.29) is 35.6 Å². The second kappa shape index (κ2) is 10.00. The van der Waals surface area contributed by atoms with E-state index in [1.165, 1.54) is 12.1 Å². The summed E-state index contributed by atoms with van der Waals surface area (Å²) in [7, 11) is 1.73.